The maximum atomic E-state index is 5.63. The van der Waals surface area contributed by atoms with Crippen molar-refractivity contribution in [1.29, 1.82) is 0 Å². The average molecular weight is 226 g/mol. The minimum absolute atomic E-state index is 0.523. The SMILES string of the molecule is NCc1cncc(-c2ccc3c(c2)COC3)c1. The Hall–Kier alpha value is -1.71. The van der Waals surface area contributed by atoms with Gasteiger partial charge >= 0.3 is 0 Å². The molecule has 2 heterocycles. The van der Waals surface area contributed by atoms with Gasteiger partial charge in [0.25, 0.3) is 0 Å². The van der Waals surface area contributed by atoms with Crippen LogP contribution in [0.25, 0.3) is 11.1 Å². The highest BCUT2D eigenvalue weighted by Crippen LogP contribution is 2.26. The van der Waals surface area contributed by atoms with E-state index in [-0.39, 0.29) is 0 Å². The van der Waals surface area contributed by atoms with Gasteiger partial charge in [0.1, 0.15) is 0 Å². The van der Waals surface area contributed by atoms with E-state index < -0.39 is 0 Å². The summed E-state index contributed by atoms with van der Waals surface area (Å²) in [5.41, 5.74) is 11.5. The number of ether oxygens (including phenoxy) is 1. The fourth-order valence-electron chi connectivity index (χ4n) is 2.11. The van der Waals surface area contributed by atoms with E-state index in [1.54, 1.807) is 6.20 Å². The minimum atomic E-state index is 0.523. The monoisotopic (exact) mass is 226 g/mol. The Morgan fingerprint density at radius 2 is 1.94 bits per heavy atom. The predicted molar refractivity (Wildman–Crippen MR) is 66.1 cm³/mol. The smallest absolute Gasteiger partial charge is 0.0725 e. The summed E-state index contributed by atoms with van der Waals surface area (Å²) in [6.45, 7) is 1.97. The first-order valence-electron chi connectivity index (χ1n) is 5.71. The Labute approximate surface area is 100 Å². The quantitative estimate of drug-likeness (QED) is 0.854. The van der Waals surface area contributed by atoms with Crippen LogP contribution in [0.2, 0.25) is 0 Å². The van der Waals surface area contributed by atoms with E-state index in [1.165, 1.54) is 16.7 Å². The highest BCUT2D eigenvalue weighted by atomic mass is 16.5. The van der Waals surface area contributed by atoms with Crippen LogP contribution >= 0.6 is 0 Å². The fraction of sp³-hybridized carbons (Fsp3) is 0.214. The maximum absolute atomic E-state index is 5.63. The molecular formula is C14H14N2O. The van der Waals surface area contributed by atoms with Crippen molar-refractivity contribution in [2.75, 3.05) is 0 Å². The molecular weight excluding hydrogens is 212 g/mol. The van der Waals surface area contributed by atoms with E-state index in [0.29, 0.717) is 13.2 Å². The molecule has 1 aromatic heterocycles. The van der Waals surface area contributed by atoms with Crippen LogP contribution in [0.1, 0.15) is 16.7 Å². The van der Waals surface area contributed by atoms with Crippen LogP contribution < -0.4 is 5.73 Å². The fourth-order valence-corrected chi connectivity index (χ4v) is 2.11. The summed E-state index contributed by atoms with van der Waals surface area (Å²) in [7, 11) is 0. The summed E-state index contributed by atoms with van der Waals surface area (Å²) in [5, 5.41) is 0. The summed E-state index contributed by atoms with van der Waals surface area (Å²) < 4.78 is 5.42. The van der Waals surface area contributed by atoms with Crippen LogP contribution in [-0.4, -0.2) is 4.98 Å². The lowest BCUT2D eigenvalue weighted by Gasteiger charge is -2.05. The molecule has 1 aliphatic rings. The van der Waals surface area contributed by atoms with E-state index in [0.717, 1.165) is 17.7 Å². The number of benzene rings is 1. The first-order valence-corrected chi connectivity index (χ1v) is 5.71. The molecule has 3 rings (SSSR count). The number of nitrogens with two attached hydrogens (primary N) is 1. The Kier molecular flexibility index (Phi) is 2.63. The van der Waals surface area contributed by atoms with Crippen molar-refractivity contribution in [2.45, 2.75) is 19.8 Å². The zero-order valence-electron chi connectivity index (χ0n) is 9.52. The third-order valence-electron chi connectivity index (χ3n) is 3.09. The molecule has 1 aromatic carbocycles. The molecule has 0 amide bonds. The Bertz CT molecular complexity index is 552. The van der Waals surface area contributed by atoms with Crippen molar-refractivity contribution in [3.05, 3.63) is 53.3 Å². The zero-order valence-corrected chi connectivity index (χ0v) is 9.52. The van der Waals surface area contributed by atoms with Crippen molar-refractivity contribution in [3.8, 4) is 11.1 Å². The van der Waals surface area contributed by atoms with Gasteiger partial charge in [-0.05, 0) is 34.4 Å². The molecule has 3 nitrogen and oxygen atoms in total. The third kappa shape index (κ3) is 1.95. The molecule has 0 spiro atoms. The van der Waals surface area contributed by atoms with Crippen molar-refractivity contribution in [3.63, 3.8) is 0 Å². The molecule has 2 aromatic rings. The molecule has 0 atom stereocenters. The molecule has 0 saturated carbocycles. The van der Waals surface area contributed by atoms with Gasteiger partial charge in [-0.2, -0.15) is 0 Å². The highest BCUT2D eigenvalue weighted by Gasteiger charge is 2.11. The molecule has 86 valence electrons. The van der Waals surface area contributed by atoms with E-state index >= 15 is 0 Å². The van der Waals surface area contributed by atoms with Crippen LogP contribution in [0.3, 0.4) is 0 Å². The van der Waals surface area contributed by atoms with Gasteiger partial charge < -0.3 is 10.5 Å². The summed E-state index contributed by atoms with van der Waals surface area (Å²) >= 11 is 0. The third-order valence-corrected chi connectivity index (χ3v) is 3.09. The lowest BCUT2D eigenvalue weighted by atomic mass is 10.0. The van der Waals surface area contributed by atoms with Crippen LogP contribution in [0, 0.1) is 0 Å². The van der Waals surface area contributed by atoms with E-state index in [9.17, 15) is 0 Å². The lowest BCUT2D eigenvalue weighted by Crippen LogP contribution is -1.97. The largest absolute Gasteiger partial charge is 0.372 e. The van der Waals surface area contributed by atoms with Gasteiger partial charge in [0.2, 0.25) is 0 Å². The molecule has 0 unspecified atom stereocenters. The number of aromatic nitrogens is 1. The number of fused-ring (bicyclic) bond motifs is 1. The second-order valence-corrected chi connectivity index (χ2v) is 4.26. The Balaban J connectivity index is 2.03. The second kappa shape index (κ2) is 4.28. The molecule has 0 saturated heterocycles. The summed E-state index contributed by atoms with van der Waals surface area (Å²) in [4.78, 5) is 4.21. The molecule has 3 heteroatoms. The molecule has 17 heavy (non-hydrogen) atoms. The van der Waals surface area contributed by atoms with Gasteiger partial charge in [-0.1, -0.05) is 12.1 Å². The summed E-state index contributed by atoms with van der Waals surface area (Å²) in [6, 6.07) is 8.52. The van der Waals surface area contributed by atoms with Crippen molar-refractivity contribution in [2.24, 2.45) is 5.73 Å². The number of pyridine rings is 1. The van der Waals surface area contributed by atoms with Gasteiger partial charge in [-0.3, -0.25) is 4.98 Å². The van der Waals surface area contributed by atoms with Gasteiger partial charge in [0.05, 0.1) is 13.2 Å². The van der Waals surface area contributed by atoms with Gasteiger partial charge in [0, 0.05) is 24.5 Å². The molecule has 0 fully saturated rings. The minimum Gasteiger partial charge on any atom is -0.372 e. The molecule has 1 aliphatic heterocycles. The maximum Gasteiger partial charge on any atom is 0.0725 e. The average Bonchev–Trinajstić information content (AvgIpc) is 2.86. The van der Waals surface area contributed by atoms with Crippen LogP contribution in [0.15, 0.2) is 36.7 Å². The summed E-state index contributed by atoms with van der Waals surface area (Å²) in [6.07, 6.45) is 3.68. The Morgan fingerprint density at radius 1 is 1.06 bits per heavy atom. The van der Waals surface area contributed by atoms with E-state index in [1.807, 2.05) is 6.20 Å². The van der Waals surface area contributed by atoms with Crippen LogP contribution in [-0.2, 0) is 24.5 Å². The normalized spacial score (nSPS) is 13.7. The number of nitrogens with zero attached hydrogens (tertiary/aromatic N) is 1. The van der Waals surface area contributed by atoms with Gasteiger partial charge in [-0.25, -0.2) is 0 Å². The Morgan fingerprint density at radius 3 is 2.82 bits per heavy atom. The van der Waals surface area contributed by atoms with Crippen LogP contribution in [0.4, 0.5) is 0 Å². The number of rotatable bonds is 2. The van der Waals surface area contributed by atoms with Crippen LogP contribution in [0.5, 0.6) is 0 Å². The number of hydrogen-bond donors (Lipinski definition) is 1. The predicted octanol–water partition coefficient (Wildman–Crippen LogP) is 2.24. The van der Waals surface area contributed by atoms with Crippen molar-refractivity contribution < 1.29 is 4.74 Å². The van der Waals surface area contributed by atoms with Crippen molar-refractivity contribution in [1.82, 2.24) is 4.98 Å². The second-order valence-electron chi connectivity index (χ2n) is 4.26. The van der Waals surface area contributed by atoms with E-state index in [4.69, 9.17) is 10.5 Å². The zero-order chi connectivity index (χ0) is 11.7. The number of hydrogen-bond acceptors (Lipinski definition) is 3. The van der Waals surface area contributed by atoms with Gasteiger partial charge in [0.15, 0.2) is 0 Å². The molecule has 2 N–H and O–H groups in total. The van der Waals surface area contributed by atoms with E-state index in [2.05, 4.69) is 29.2 Å². The molecule has 0 radical (unpaired) electrons. The molecule has 0 bridgehead atoms. The van der Waals surface area contributed by atoms with Gasteiger partial charge in [-0.15, -0.1) is 0 Å². The molecule has 0 aliphatic carbocycles. The topological polar surface area (TPSA) is 48.1 Å². The lowest BCUT2D eigenvalue weighted by molar-refractivity contribution is 0.134. The highest BCUT2D eigenvalue weighted by molar-refractivity contribution is 5.64. The first kappa shape index (κ1) is 10.4. The van der Waals surface area contributed by atoms with Crippen molar-refractivity contribution >= 4 is 0 Å². The standard InChI is InChI=1S/C14H14N2O/c15-5-10-3-13(7-16-6-10)11-1-2-12-8-17-9-14(12)4-11/h1-4,6-7H,5,8-9,15H2. The first-order chi connectivity index (χ1) is 8.36. The summed E-state index contributed by atoms with van der Waals surface area (Å²) in [5.74, 6) is 0.